The fourth-order valence-electron chi connectivity index (χ4n) is 1.93. The molecule has 0 saturated carbocycles. The van der Waals surface area contributed by atoms with Crippen molar-refractivity contribution in [3.8, 4) is 0 Å². The van der Waals surface area contributed by atoms with Crippen molar-refractivity contribution in [3.63, 3.8) is 0 Å². The molecule has 0 aliphatic carbocycles. The lowest BCUT2D eigenvalue weighted by atomic mass is 10.1. The van der Waals surface area contributed by atoms with Crippen LogP contribution >= 0.6 is 27.3 Å². The molecule has 0 fully saturated rings. The molecule has 0 aliphatic rings. The molecule has 1 aromatic carbocycles. The van der Waals surface area contributed by atoms with Gasteiger partial charge in [0.2, 0.25) is 0 Å². The van der Waals surface area contributed by atoms with Crippen LogP contribution in [0.1, 0.15) is 20.9 Å². The molecular formula is C15H18BrNS. The number of rotatable bonds is 5. The molecule has 0 saturated heterocycles. The fourth-order valence-corrected chi connectivity index (χ4v) is 3.50. The van der Waals surface area contributed by atoms with E-state index in [4.69, 9.17) is 0 Å². The van der Waals surface area contributed by atoms with Crippen molar-refractivity contribution in [1.82, 2.24) is 5.32 Å². The van der Waals surface area contributed by atoms with Gasteiger partial charge in [-0.1, -0.05) is 24.3 Å². The minimum Gasteiger partial charge on any atom is -0.312 e. The first kappa shape index (κ1) is 13.8. The second-order valence-electron chi connectivity index (χ2n) is 4.47. The zero-order valence-electron chi connectivity index (χ0n) is 10.8. The average Bonchev–Trinajstić information content (AvgIpc) is 2.66. The molecule has 2 rings (SSSR count). The number of nitrogens with one attached hydrogen (secondary N) is 1. The van der Waals surface area contributed by atoms with Gasteiger partial charge in [0.1, 0.15) is 0 Å². The molecule has 3 heteroatoms. The standard InChI is InChI=1S/C15H18BrNS/c1-11-5-3-4-6-13(11)7-8-17-10-14-9-15(16)12(2)18-14/h3-6,9,17H,7-8,10H2,1-2H3. The highest BCUT2D eigenvalue weighted by Crippen LogP contribution is 2.26. The molecule has 18 heavy (non-hydrogen) atoms. The first-order valence-electron chi connectivity index (χ1n) is 6.17. The fraction of sp³-hybridized carbons (Fsp3) is 0.333. The van der Waals surface area contributed by atoms with Crippen molar-refractivity contribution in [2.24, 2.45) is 0 Å². The predicted molar refractivity (Wildman–Crippen MR) is 83.3 cm³/mol. The van der Waals surface area contributed by atoms with Gasteiger partial charge < -0.3 is 5.32 Å². The Labute approximate surface area is 121 Å². The molecule has 0 unspecified atom stereocenters. The molecule has 1 nitrogen and oxygen atoms in total. The van der Waals surface area contributed by atoms with Crippen LogP contribution in [0.5, 0.6) is 0 Å². The Morgan fingerprint density at radius 3 is 2.67 bits per heavy atom. The molecule has 1 aromatic heterocycles. The summed E-state index contributed by atoms with van der Waals surface area (Å²) in [5.74, 6) is 0. The lowest BCUT2D eigenvalue weighted by Gasteiger charge is -2.06. The van der Waals surface area contributed by atoms with Gasteiger partial charge in [-0.25, -0.2) is 0 Å². The third kappa shape index (κ3) is 3.67. The van der Waals surface area contributed by atoms with Crippen LogP contribution in [0.2, 0.25) is 0 Å². The van der Waals surface area contributed by atoms with Crippen molar-refractivity contribution < 1.29 is 0 Å². The molecule has 0 spiro atoms. The maximum absolute atomic E-state index is 3.55. The predicted octanol–water partition coefficient (Wildman–Crippen LogP) is 4.46. The molecule has 96 valence electrons. The molecule has 0 atom stereocenters. The van der Waals surface area contributed by atoms with Crippen LogP contribution in [0, 0.1) is 13.8 Å². The van der Waals surface area contributed by atoms with Crippen LogP contribution in [-0.2, 0) is 13.0 Å². The van der Waals surface area contributed by atoms with Gasteiger partial charge in [0.15, 0.2) is 0 Å². The van der Waals surface area contributed by atoms with Gasteiger partial charge in [-0.15, -0.1) is 11.3 Å². The molecule has 2 aromatic rings. The number of hydrogen-bond acceptors (Lipinski definition) is 2. The second-order valence-corrected chi connectivity index (χ2v) is 6.67. The van der Waals surface area contributed by atoms with Gasteiger partial charge >= 0.3 is 0 Å². The van der Waals surface area contributed by atoms with E-state index in [-0.39, 0.29) is 0 Å². The van der Waals surface area contributed by atoms with Crippen molar-refractivity contribution in [2.45, 2.75) is 26.8 Å². The zero-order valence-corrected chi connectivity index (χ0v) is 13.2. The van der Waals surface area contributed by atoms with Gasteiger partial charge in [0.05, 0.1) is 0 Å². The SMILES string of the molecule is Cc1ccccc1CCNCc1cc(Br)c(C)s1. The summed E-state index contributed by atoms with van der Waals surface area (Å²) in [6.07, 6.45) is 1.10. The Hall–Kier alpha value is -0.640. The summed E-state index contributed by atoms with van der Waals surface area (Å²) < 4.78 is 1.23. The summed E-state index contributed by atoms with van der Waals surface area (Å²) in [4.78, 5) is 2.75. The van der Waals surface area contributed by atoms with Gasteiger partial charge in [0, 0.05) is 20.8 Å². The highest BCUT2D eigenvalue weighted by atomic mass is 79.9. The maximum Gasteiger partial charge on any atom is 0.0314 e. The topological polar surface area (TPSA) is 12.0 Å². The quantitative estimate of drug-likeness (QED) is 0.801. The molecule has 0 aliphatic heterocycles. The van der Waals surface area contributed by atoms with Crippen molar-refractivity contribution >= 4 is 27.3 Å². The Bertz CT molecular complexity index is 499. The van der Waals surface area contributed by atoms with Crippen molar-refractivity contribution in [2.75, 3.05) is 6.54 Å². The number of benzene rings is 1. The summed E-state index contributed by atoms with van der Waals surface area (Å²) in [6.45, 7) is 6.31. The van der Waals surface area contributed by atoms with E-state index in [0.717, 1.165) is 19.5 Å². The van der Waals surface area contributed by atoms with E-state index >= 15 is 0 Å². The van der Waals surface area contributed by atoms with E-state index in [1.165, 1.54) is 25.4 Å². The summed E-state index contributed by atoms with van der Waals surface area (Å²) >= 11 is 5.41. The van der Waals surface area contributed by atoms with E-state index in [9.17, 15) is 0 Å². The minimum absolute atomic E-state index is 0.961. The number of aryl methyl sites for hydroxylation is 2. The van der Waals surface area contributed by atoms with Gasteiger partial charge in [0.25, 0.3) is 0 Å². The number of hydrogen-bond donors (Lipinski definition) is 1. The minimum atomic E-state index is 0.961. The Balaban J connectivity index is 1.78. The third-order valence-corrected chi connectivity index (χ3v) is 5.18. The van der Waals surface area contributed by atoms with Crippen LogP contribution in [-0.4, -0.2) is 6.54 Å². The lowest BCUT2D eigenvalue weighted by molar-refractivity contribution is 0.692. The molecule has 1 N–H and O–H groups in total. The van der Waals surface area contributed by atoms with Gasteiger partial charge in [-0.3, -0.25) is 0 Å². The largest absolute Gasteiger partial charge is 0.312 e. The van der Waals surface area contributed by atoms with E-state index in [1.54, 1.807) is 0 Å². The lowest BCUT2D eigenvalue weighted by Crippen LogP contribution is -2.16. The maximum atomic E-state index is 3.55. The van der Waals surface area contributed by atoms with Crippen LogP contribution in [0.4, 0.5) is 0 Å². The zero-order chi connectivity index (χ0) is 13.0. The Morgan fingerprint density at radius 2 is 2.00 bits per heavy atom. The number of halogens is 1. The van der Waals surface area contributed by atoms with Crippen LogP contribution in [0.3, 0.4) is 0 Å². The van der Waals surface area contributed by atoms with E-state index in [0.29, 0.717) is 0 Å². The van der Waals surface area contributed by atoms with E-state index in [1.807, 2.05) is 11.3 Å². The molecular weight excluding hydrogens is 306 g/mol. The number of thiophene rings is 1. The van der Waals surface area contributed by atoms with E-state index in [2.05, 4.69) is 65.4 Å². The summed E-state index contributed by atoms with van der Waals surface area (Å²) in [5.41, 5.74) is 2.82. The highest BCUT2D eigenvalue weighted by Gasteiger charge is 2.02. The summed E-state index contributed by atoms with van der Waals surface area (Å²) in [7, 11) is 0. The normalized spacial score (nSPS) is 10.8. The van der Waals surface area contributed by atoms with Crippen LogP contribution < -0.4 is 5.32 Å². The smallest absolute Gasteiger partial charge is 0.0314 e. The average molecular weight is 324 g/mol. The monoisotopic (exact) mass is 323 g/mol. The molecule has 1 heterocycles. The third-order valence-electron chi connectivity index (χ3n) is 3.04. The van der Waals surface area contributed by atoms with E-state index < -0.39 is 0 Å². The van der Waals surface area contributed by atoms with Crippen LogP contribution in [0.15, 0.2) is 34.8 Å². The molecule has 0 bridgehead atoms. The van der Waals surface area contributed by atoms with Gasteiger partial charge in [-0.05, 0) is 59.9 Å². The first-order valence-corrected chi connectivity index (χ1v) is 7.78. The molecule has 0 amide bonds. The second kappa shape index (κ2) is 6.50. The first-order chi connectivity index (χ1) is 8.66. The van der Waals surface area contributed by atoms with Crippen LogP contribution in [0.25, 0.3) is 0 Å². The summed E-state index contributed by atoms with van der Waals surface area (Å²) in [6, 6.07) is 10.8. The Kier molecular flexibility index (Phi) is 4.98. The highest BCUT2D eigenvalue weighted by molar-refractivity contribution is 9.10. The Morgan fingerprint density at radius 1 is 1.22 bits per heavy atom. The van der Waals surface area contributed by atoms with Crippen molar-refractivity contribution in [1.29, 1.82) is 0 Å². The van der Waals surface area contributed by atoms with Crippen molar-refractivity contribution in [3.05, 3.63) is 55.7 Å². The molecule has 0 radical (unpaired) electrons. The van der Waals surface area contributed by atoms with Gasteiger partial charge in [-0.2, -0.15) is 0 Å². The summed E-state index contributed by atoms with van der Waals surface area (Å²) in [5, 5.41) is 3.51.